The van der Waals surface area contributed by atoms with Gasteiger partial charge in [0.1, 0.15) is 0 Å². The second-order valence-electron chi connectivity index (χ2n) is 6.42. The van der Waals surface area contributed by atoms with Crippen LogP contribution in [0.2, 0.25) is 0 Å². The zero-order valence-electron chi connectivity index (χ0n) is 14.2. The zero-order chi connectivity index (χ0) is 16.5. The monoisotopic (exact) mass is 306 g/mol. The largest absolute Gasteiger partial charge is 0.396 e. The van der Waals surface area contributed by atoms with Crippen LogP contribution in [0.25, 0.3) is 0 Å². The highest BCUT2D eigenvalue weighted by Crippen LogP contribution is 2.24. The van der Waals surface area contributed by atoms with E-state index in [1.807, 2.05) is 19.1 Å². The predicted molar refractivity (Wildman–Crippen MR) is 90.8 cm³/mol. The Labute approximate surface area is 134 Å². The first-order valence-corrected chi connectivity index (χ1v) is 8.17. The minimum absolute atomic E-state index is 0.0197. The van der Waals surface area contributed by atoms with Gasteiger partial charge in [-0.05, 0) is 50.2 Å². The summed E-state index contributed by atoms with van der Waals surface area (Å²) in [5.74, 6) is 0.497. The maximum Gasteiger partial charge on any atom is 0.315 e. The number of aryl methyl sites for hydroxylation is 1. The average molecular weight is 306 g/mol. The Morgan fingerprint density at radius 2 is 1.86 bits per heavy atom. The van der Waals surface area contributed by atoms with Crippen molar-refractivity contribution in [3.63, 3.8) is 0 Å². The van der Waals surface area contributed by atoms with E-state index in [0.29, 0.717) is 12.3 Å². The number of urea groups is 1. The van der Waals surface area contributed by atoms with E-state index in [4.69, 9.17) is 5.11 Å². The van der Waals surface area contributed by atoms with Crippen molar-refractivity contribution in [1.82, 2.24) is 10.6 Å². The van der Waals surface area contributed by atoms with Gasteiger partial charge in [0.15, 0.2) is 0 Å². The van der Waals surface area contributed by atoms with Crippen LogP contribution in [-0.4, -0.2) is 23.8 Å². The Balaban J connectivity index is 2.69. The molecule has 0 aromatic heterocycles. The number of aliphatic hydroxyl groups is 1. The van der Waals surface area contributed by atoms with Crippen molar-refractivity contribution in [2.75, 3.05) is 6.61 Å². The fourth-order valence-corrected chi connectivity index (χ4v) is 2.61. The van der Waals surface area contributed by atoms with Crippen LogP contribution in [-0.2, 0) is 0 Å². The van der Waals surface area contributed by atoms with Crippen molar-refractivity contribution in [1.29, 1.82) is 0 Å². The smallest absolute Gasteiger partial charge is 0.315 e. The number of aliphatic hydroxyl groups excluding tert-OH is 1. The summed E-state index contributed by atoms with van der Waals surface area (Å²) < 4.78 is 0. The van der Waals surface area contributed by atoms with Gasteiger partial charge in [0.2, 0.25) is 0 Å². The van der Waals surface area contributed by atoms with E-state index < -0.39 is 0 Å². The Hall–Kier alpha value is -1.55. The van der Waals surface area contributed by atoms with E-state index in [1.165, 1.54) is 11.1 Å². The van der Waals surface area contributed by atoms with Crippen molar-refractivity contribution < 1.29 is 9.90 Å². The standard InChI is InChI=1S/C18H30N2O2/c1-13(2)12-17(16-10-6-5-8-14(16)3)20-18(22)19-15(4)9-7-11-21/h5-6,8,10,13,15,17,21H,7,9,11-12H2,1-4H3,(H2,19,20,22). The number of carbonyl (C=O) groups excluding carboxylic acids is 1. The minimum Gasteiger partial charge on any atom is -0.396 e. The molecule has 0 spiro atoms. The lowest BCUT2D eigenvalue weighted by molar-refractivity contribution is 0.228. The van der Waals surface area contributed by atoms with Crippen LogP contribution in [0, 0.1) is 12.8 Å². The first-order chi connectivity index (χ1) is 10.4. The van der Waals surface area contributed by atoms with Crippen LogP contribution in [0.4, 0.5) is 4.79 Å². The number of hydrogen-bond acceptors (Lipinski definition) is 2. The fourth-order valence-electron chi connectivity index (χ4n) is 2.61. The number of carbonyl (C=O) groups is 1. The SMILES string of the molecule is Cc1ccccc1C(CC(C)C)NC(=O)NC(C)CCCO. The lowest BCUT2D eigenvalue weighted by Crippen LogP contribution is -2.42. The van der Waals surface area contributed by atoms with Crippen molar-refractivity contribution in [3.05, 3.63) is 35.4 Å². The first kappa shape index (κ1) is 18.5. The molecule has 0 aliphatic heterocycles. The molecule has 0 saturated carbocycles. The quantitative estimate of drug-likeness (QED) is 0.688. The van der Waals surface area contributed by atoms with Gasteiger partial charge in [-0.1, -0.05) is 38.1 Å². The van der Waals surface area contributed by atoms with Gasteiger partial charge < -0.3 is 15.7 Å². The molecule has 0 saturated heterocycles. The molecule has 4 heteroatoms. The highest BCUT2D eigenvalue weighted by atomic mass is 16.3. The molecule has 2 unspecified atom stereocenters. The summed E-state index contributed by atoms with van der Waals surface area (Å²) in [5, 5.41) is 14.9. The number of nitrogens with one attached hydrogen (secondary N) is 2. The minimum atomic E-state index is -0.139. The maximum absolute atomic E-state index is 12.2. The first-order valence-electron chi connectivity index (χ1n) is 8.17. The van der Waals surface area contributed by atoms with Gasteiger partial charge in [-0.15, -0.1) is 0 Å². The molecule has 2 amide bonds. The van der Waals surface area contributed by atoms with Crippen molar-refractivity contribution in [2.24, 2.45) is 5.92 Å². The summed E-state index contributed by atoms with van der Waals surface area (Å²) in [7, 11) is 0. The van der Waals surface area contributed by atoms with E-state index >= 15 is 0 Å². The molecule has 1 aromatic rings. The summed E-state index contributed by atoms with van der Waals surface area (Å²) >= 11 is 0. The van der Waals surface area contributed by atoms with Gasteiger partial charge in [0.25, 0.3) is 0 Å². The van der Waals surface area contributed by atoms with E-state index in [9.17, 15) is 4.79 Å². The lowest BCUT2D eigenvalue weighted by Gasteiger charge is -2.24. The molecule has 2 atom stereocenters. The second kappa shape index (κ2) is 9.46. The third-order valence-electron chi connectivity index (χ3n) is 3.75. The molecule has 1 aromatic carbocycles. The van der Waals surface area contributed by atoms with Gasteiger partial charge >= 0.3 is 6.03 Å². The molecular formula is C18H30N2O2. The van der Waals surface area contributed by atoms with Crippen molar-refractivity contribution >= 4 is 6.03 Å². The van der Waals surface area contributed by atoms with Gasteiger partial charge in [0.05, 0.1) is 6.04 Å². The normalized spacial score (nSPS) is 13.7. The summed E-state index contributed by atoms with van der Waals surface area (Å²) in [6, 6.07) is 8.13. The second-order valence-corrected chi connectivity index (χ2v) is 6.42. The Bertz CT molecular complexity index is 460. The number of benzene rings is 1. The molecule has 124 valence electrons. The van der Waals surface area contributed by atoms with E-state index in [2.05, 4.69) is 43.5 Å². The highest BCUT2D eigenvalue weighted by Gasteiger charge is 2.18. The van der Waals surface area contributed by atoms with Gasteiger partial charge in [0, 0.05) is 12.6 Å². The Kier molecular flexibility index (Phi) is 7.96. The van der Waals surface area contributed by atoms with E-state index in [-0.39, 0.29) is 24.7 Å². The molecule has 1 rings (SSSR count). The van der Waals surface area contributed by atoms with Crippen LogP contribution >= 0.6 is 0 Å². The molecule has 22 heavy (non-hydrogen) atoms. The molecule has 3 N–H and O–H groups in total. The zero-order valence-corrected chi connectivity index (χ0v) is 14.2. The third kappa shape index (κ3) is 6.48. The van der Waals surface area contributed by atoms with Gasteiger partial charge in [-0.2, -0.15) is 0 Å². The Morgan fingerprint density at radius 1 is 1.18 bits per heavy atom. The molecule has 0 aliphatic carbocycles. The van der Waals surface area contributed by atoms with Crippen molar-refractivity contribution in [3.8, 4) is 0 Å². The van der Waals surface area contributed by atoms with Crippen LogP contribution in [0.3, 0.4) is 0 Å². The fraction of sp³-hybridized carbons (Fsp3) is 0.611. The Morgan fingerprint density at radius 3 is 2.45 bits per heavy atom. The average Bonchev–Trinajstić information content (AvgIpc) is 2.44. The number of hydrogen-bond donors (Lipinski definition) is 3. The topological polar surface area (TPSA) is 61.4 Å². The summed E-state index contributed by atoms with van der Waals surface area (Å²) in [4.78, 5) is 12.2. The van der Waals surface area contributed by atoms with E-state index in [0.717, 1.165) is 12.8 Å². The molecule has 0 fully saturated rings. The van der Waals surface area contributed by atoms with Crippen LogP contribution in [0.5, 0.6) is 0 Å². The maximum atomic E-state index is 12.2. The van der Waals surface area contributed by atoms with E-state index in [1.54, 1.807) is 0 Å². The highest BCUT2D eigenvalue weighted by molar-refractivity contribution is 5.74. The molecule has 0 bridgehead atoms. The molecule has 0 heterocycles. The molecule has 0 aliphatic rings. The number of amides is 2. The number of rotatable bonds is 8. The van der Waals surface area contributed by atoms with Crippen LogP contribution in [0.1, 0.15) is 57.2 Å². The van der Waals surface area contributed by atoms with Crippen LogP contribution < -0.4 is 10.6 Å². The third-order valence-corrected chi connectivity index (χ3v) is 3.75. The summed E-state index contributed by atoms with van der Waals surface area (Å²) in [6.07, 6.45) is 2.39. The molecular weight excluding hydrogens is 276 g/mol. The predicted octanol–water partition coefficient (Wildman–Crippen LogP) is 3.54. The lowest BCUT2D eigenvalue weighted by atomic mass is 9.94. The summed E-state index contributed by atoms with van der Waals surface area (Å²) in [6.45, 7) is 8.52. The van der Waals surface area contributed by atoms with Crippen molar-refractivity contribution in [2.45, 2.75) is 59.0 Å². The summed E-state index contributed by atoms with van der Waals surface area (Å²) in [5.41, 5.74) is 2.37. The van der Waals surface area contributed by atoms with Gasteiger partial charge in [-0.3, -0.25) is 0 Å². The molecule has 0 radical (unpaired) electrons. The van der Waals surface area contributed by atoms with Crippen LogP contribution in [0.15, 0.2) is 24.3 Å². The molecule has 4 nitrogen and oxygen atoms in total. The van der Waals surface area contributed by atoms with Gasteiger partial charge in [-0.25, -0.2) is 4.79 Å².